The predicted molar refractivity (Wildman–Crippen MR) is 63.0 cm³/mol. The predicted octanol–water partition coefficient (Wildman–Crippen LogP) is 1.94. The average Bonchev–Trinajstić information content (AvgIpc) is 2.23. The molecule has 0 aromatic heterocycles. The molecule has 0 unspecified atom stereocenters. The Labute approximate surface area is 95.0 Å². The highest BCUT2D eigenvalue weighted by molar-refractivity contribution is 5.89. The largest absolute Gasteiger partial charge is 0.324 e. The molecule has 88 valence electrons. The molecule has 0 radical (unpaired) electrons. The maximum atomic E-state index is 13.5. The van der Waals surface area contributed by atoms with Crippen LogP contribution in [0, 0.1) is 5.82 Å². The number of halogens is 1. The van der Waals surface area contributed by atoms with Crippen molar-refractivity contribution in [1.82, 2.24) is 5.32 Å². The van der Waals surface area contributed by atoms with Crippen LogP contribution in [0.15, 0.2) is 18.2 Å². The molecule has 0 aliphatic carbocycles. The van der Waals surface area contributed by atoms with E-state index in [1.165, 1.54) is 13.0 Å². The van der Waals surface area contributed by atoms with Crippen LogP contribution in [0.3, 0.4) is 0 Å². The Kier molecular flexibility index (Phi) is 4.92. The summed E-state index contributed by atoms with van der Waals surface area (Å²) in [5, 5.41) is 5.57. The topological polar surface area (TPSA) is 41.1 Å². The number of para-hydroxylation sites is 1. The number of benzene rings is 1. The highest BCUT2D eigenvalue weighted by atomic mass is 19.1. The Morgan fingerprint density at radius 3 is 2.81 bits per heavy atom. The molecule has 16 heavy (non-hydrogen) atoms. The van der Waals surface area contributed by atoms with Gasteiger partial charge in [-0.2, -0.15) is 0 Å². The molecule has 0 aliphatic rings. The Hall–Kier alpha value is -1.42. The minimum atomic E-state index is -0.378. The number of carbonyl (C=O) groups is 1. The van der Waals surface area contributed by atoms with E-state index in [2.05, 4.69) is 10.6 Å². The van der Waals surface area contributed by atoms with E-state index in [9.17, 15) is 9.18 Å². The van der Waals surface area contributed by atoms with Gasteiger partial charge in [-0.05, 0) is 38.1 Å². The normalized spacial score (nSPS) is 10.2. The number of nitrogens with one attached hydrogen (secondary N) is 2. The Morgan fingerprint density at radius 1 is 1.44 bits per heavy atom. The van der Waals surface area contributed by atoms with E-state index >= 15 is 0 Å². The molecular formula is C12H17FN2O. The van der Waals surface area contributed by atoms with Crippen molar-refractivity contribution in [3.8, 4) is 0 Å². The van der Waals surface area contributed by atoms with Crippen LogP contribution in [0.2, 0.25) is 0 Å². The fourth-order valence-corrected chi connectivity index (χ4v) is 1.55. The van der Waals surface area contributed by atoms with Crippen LogP contribution in [0.1, 0.15) is 18.9 Å². The molecular weight excluding hydrogens is 207 g/mol. The van der Waals surface area contributed by atoms with Crippen molar-refractivity contribution in [3.05, 3.63) is 29.6 Å². The first kappa shape index (κ1) is 12.6. The maximum Gasteiger partial charge on any atom is 0.221 e. The molecule has 0 aliphatic heterocycles. The lowest BCUT2D eigenvalue weighted by Crippen LogP contribution is -2.12. The van der Waals surface area contributed by atoms with Gasteiger partial charge in [-0.3, -0.25) is 4.79 Å². The first-order chi connectivity index (χ1) is 7.65. The molecule has 0 heterocycles. The quantitative estimate of drug-likeness (QED) is 0.750. The van der Waals surface area contributed by atoms with E-state index in [0.717, 1.165) is 24.9 Å². The highest BCUT2D eigenvalue weighted by Gasteiger charge is 2.08. The number of hydrogen-bond donors (Lipinski definition) is 2. The molecule has 0 spiro atoms. The van der Waals surface area contributed by atoms with Crippen LogP contribution in [0.4, 0.5) is 10.1 Å². The molecule has 2 N–H and O–H groups in total. The van der Waals surface area contributed by atoms with Crippen molar-refractivity contribution >= 4 is 11.6 Å². The summed E-state index contributed by atoms with van der Waals surface area (Å²) in [6, 6.07) is 4.85. The lowest BCUT2D eigenvalue weighted by Gasteiger charge is -2.10. The SMILES string of the molecule is CNCCCc1cccc(F)c1NC(C)=O. The fraction of sp³-hybridized carbons (Fsp3) is 0.417. The molecule has 1 rings (SSSR count). The third-order valence-electron chi connectivity index (χ3n) is 2.27. The molecule has 0 saturated heterocycles. The maximum absolute atomic E-state index is 13.5. The molecule has 3 nitrogen and oxygen atoms in total. The van der Waals surface area contributed by atoms with Gasteiger partial charge in [0.05, 0.1) is 5.69 Å². The second-order valence-corrected chi connectivity index (χ2v) is 3.66. The second kappa shape index (κ2) is 6.23. The van der Waals surface area contributed by atoms with Gasteiger partial charge in [-0.1, -0.05) is 12.1 Å². The molecule has 1 amide bonds. The van der Waals surface area contributed by atoms with E-state index in [1.807, 2.05) is 13.1 Å². The summed E-state index contributed by atoms with van der Waals surface area (Å²) < 4.78 is 13.5. The van der Waals surface area contributed by atoms with Crippen molar-refractivity contribution < 1.29 is 9.18 Å². The van der Waals surface area contributed by atoms with E-state index < -0.39 is 0 Å². The summed E-state index contributed by atoms with van der Waals surface area (Å²) in [4.78, 5) is 11.0. The fourth-order valence-electron chi connectivity index (χ4n) is 1.55. The number of amides is 1. The van der Waals surface area contributed by atoms with Crippen LogP contribution in [0.25, 0.3) is 0 Å². The van der Waals surface area contributed by atoms with Crippen molar-refractivity contribution in [2.75, 3.05) is 18.9 Å². The van der Waals surface area contributed by atoms with Gasteiger partial charge in [0.15, 0.2) is 0 Å². The second-order valence-electron chi connectivity index (χ2n) is 3.66. The van der Waals surface area contributed by atoms with Gasteiger partial charge in [0, 0.05) is 6.92 Å². The number of hydrogen-bond acceptors (Lipinski definition) is 2. The highest BCUT2D eigenvalue weighted by Crippen LogP contribution is 2.21. The van der Waals surface area contributed by atoms with Gasteiger partial charge in [0.2, 0.25) is 5.91 Å². The van der Waals surface area contributed by atoms with Gasteiger partial charge in [0.25, 0.3) is 0 Å². The molecule has 0 bridgehead atoms. The van der Waals surface area contributed by atoms with Crippen LogP contribution >= 0.6 is 0 Å². The third kappa shape index (κ3) is 3.62. The molecule has 1 aromatic carbocycles. The smallest absolute Gasteiger partial charge is 0.221 e. The standard InChI is InChI=1S/C12H17FN2O/c1-9(16)15-12-10(6-4-8-14-2)5-3-7-11(12)13/h3,5,7,14H,4,6,8H2,1-2H3,(H,15,16). The summed E-state index contributed by atoms with van der Waals surface area (Å²) in [5.74, 6) is -0.628. The summed E-state index contributed by atoms with van der Waals surface area (Å²) in [7, 11) is 1.88. The molecule has 0 atom stereocenters. The van der Waals surface area contributed by atoms with Gasteiger partial charge < -0.3 is 10.6 Å². The Morgan fingerprint density at radius 2 is 2.19 bits per heavy atom. The molecule has 1 aromatic rings. The van der Waals surface area contributed by atoms with Crippen molar-refractivity contribution in [3.63, 3.8) is 0 Å². The van der Waals surface area contributed by atoms with Gasteiger partial charge in [-0.25, -0.2) is 4.39 Å². The monoisotopic (exact) mass is 224 g/mol. The zero-order valence-electron chi connectivity index (χ0n) is 9.64. The summed E-state index contributed by atoms with van der Waals surface area (Å²) in [5.41, 5.74) is 1.15. The zero-order valence-corrected chi connectivity index (χ0v) is 9.64. The van der Waals surface area contributed by atoms with Crippen molar-refractivity contribution in [2.45, 2.75) is 19.8 Å². The van der Waals surface area contributed by atoms with E-state index in [-0.39, 0.29) is 11.7 Å². The van der Waals surface area contributed by atoms with Crippen LogP contribution in [0.5, 0.6) is 0 Å². The Bertz CT molecular complexity index is 366. The minimum Gasteiger partial charge on any atom is -0.324 e. The summed E-state index contributed by atoms with van der Waals surface area (Å²) >= 11 is 0. The lowest BCUT2D eigenvalue weighted by molar-refractivity contribution is -0.114. The number of rotatable bonds is 5. The first-order valence-corrected chi connectivity index (χ1v) is 5.34. The van der Waals surface area contributed by atoms with Crippen LogP contribution in [-0.4, -0.2) is 19.5 Å². The third-order valence-corrected chi connectivity index (χ3v) is 2.27. The average molecular weight is 224 g/mol. The number of carbonyl (C=O) groups excluding carboxylic acids is 1. The summed E-state index contributed by atoms with van der Waals surface area (Å²) in [6.07, 6.45) is 1.65. The zero-order chi connectivity index (χ0) is 12.0. The van der Waals surface area contributed by atoms with Crippen molar-refractivity contribution in [1.29, 1.82) is 0 Å². The van der Waals surface area contributed by atoms with Crippen LogP contribution in [-0.2, 0) is 11.2 Å². The van der Waals surface area contributed by atoms with E-state index in [0.29, 0.717) is 5.69 Å². The van der Waals surface area contributed by atoms with Gasteiger partial charge >= 0.3 is 0 Å². The van der Waals surface area contributed by atoms with Gasteiger partial charge in [0.1, 0.15) is 5.82 Å². The summed E-state index contributed by atoms with van der Waals surface area (Å²) in [6.45, 7) is 2.25. The Balaban J connectivity index is 2.80. The van der Waals surface area contributed by atoms with E-state index in [4.69, 9.17) is 0 Å². The van der Waals surface area contributed by atoms with E-state index in [1.54, 1.807) is 6.07 Å². The molecule has 0 fully saturated rings. The lowest BCUT2D eigenvalue weighted by atomic mass is 10.1. The number of aryl methyl sites for hydroxylation is 1. The first-order valence-electron chi connectivity index (χ1n) is 5.34. The number of anilines is 1. The molecule has 4 heteroatoms. The van der Waals surface area contributed by atoms with Crippen molar-refractivity contribution in [2.24, 2.45) is 0 Å². The van der Waals surface area contributed by atoms with Gasteiger partial charge in [-0.15, -0.1) is 0 Å². The minimum absolute atomic E-state index is 0.250. The molecule has 0 saturated carbocycles. The van der Waals surface area contributed by atoms with Crippen LogP contribution < -0.4 is 10.6 Å².